The number of nitrogen functional groups attached to an aromatic ring is 1. The fourth-order valence-corrected chi connectivity index (χ4v) is 1.38. The summed E-state index contributed by atoms with van der Waals surface area (Å²) >= 11 is 0. The van der Waals surface area contributed by atoms with E-state index in [2.05, 4.69) is 15.3 Å². The van der Waals surface area contributed by atoms with Crippen molar-refractivity contribution >= 4 is 11.8 Å². The van der Waals surface area contributed by atoms with E-state index < -0.39 is 23.0 Å². The van der Waals surface area contributed by atoms with Crippen molar-refractivity contribution in [3.8, 4) is 0 Å². The highest BCUT2D eigenvalue weighted by Gasteiger charge is 2.13. The maximum absolute atomic E-state index is 13.3. The highest BCUT2D eigenvalue weighted by molar-refractivity contribution is 5.38. The van der Waals surface area contributed by atoms with Crippen molar-refractivity contribution in [3.05, 3.63) is 47.4 Å². The van der Waals surface area contributed by atoms with Crippen LogP contribution in [0.3, 0.4) is 0 Å². The number of hydrogen-bond donors (Lipinski definition) is 2. The minimum Gasteiger partial charge on any atom is -0.368 e. The molecule has 0 atom stereocenters. The average Bonchev–Trinajstić information content (AvgIpc) is 2.34. The number of rotatable bonds is 3. The van der Waals surface area contributed by atoms with Crippen molar-refractivity contribution in [2.75, 3.05) is 11.1 Å². The largest absolute Gasteiger partial charge is 0.368 e. The SMILES string of the molecule is Nc1nccc(NCc2c(F)ccc(F)c2F)n1. The minimum atomic E-state index is -1.22. The number of nitrogens with zero attached hydrogens (tertiary/aromatic N) is 2. The van der Waals surface area contributed by atoms with Gasteiger partial charge in [-0.15, -0.1) is 0 Å². The first kappa shape index (κ1) is 12.2. The van der Waals surface area contributed by atoms with Gasteiger partial charge in [-0.1, -0.05) is 0 Å². The van der Waals surface area contributed by atoms with Crippen LogP contribution in [0.15, 0.2) is 24.4 Å². The van der Waals surface area contributed by atoms with Gasteiger partial charge in [0.05, 0.1) is 0 Å². The Kier molecular flexibility index (Phi) is 3.31. The zero-order valence-electron chi connectivity index (χ0n) is 9.12. The molecule has 0 radical (unpaired) electrons. The van der Waals surface area contributed by atoms with E-state index in [4.69, 9.17) is 5.73 Å². The Balaban J connectivity index is 2.18. The van der Waals surface area contributed by atoms with Crippen LogP contribution in [-0.4, -0.2) is 9.97 Å². The monoisotopic (exact) mass is 254 g/mol. The quantitative estimate of drug-likeness (QED) is 0.823. The fraction of sp³-hybridized carbons (Fsp3) is 0.0909. The summed E-state index contributed by atoms with van der Waals surface area (Å²) in [6.07, 6.45) is 1.39. The first-order valence-electron chi connectivity index (χ1n) is 5.02. The molecule has 1 aromatic heterocycles. The molecule has 0 spiro atoms. The van der Waals surface area contributed by atoms with Crippen molar-refractivity contribution in [2.45, 2.75) is 6.54 Å². The van der Waals surface area contributed by atoms with Crippen molar-refractivity contribution < 1.29 is 13.2 Å². The van der Waals surface area contributed by atoms with Crippen LogP contribution < -0.4 is 11.1 Å². The Labute approximate surface area is 101 Å². The topological polar surface area (TPSA) is 63.8 Å². The molecular weight excluding hydrogens is 245 g/mol. The molecule has 18 heavy (non-hydrogen) atoms. The highest BCUT2D eigenvalue weighted by Crippen LogP contribution is 2.17. The summed E-state index contributed by atoms with van der Waals surface area (Å²) in [5.41, 5.74) is 4.94. The van der Waals surface area contributed by atoms with Crippen LogP contribution in [0.2, 0.25) is 0 Å². The first-order chi connectivity index (χ1) is 8.58. The van der Waals surface area contributed by atoms with E-state index >= 15 is 0 Å². The Morgan fingerprint density at radius 1 is 1.11 bits per heavy atom. The highest BCUT2D eigenvalue weighted by atomic mass is 19.2. The van der Waals surface area contributed by atoms with E-state index in [1.54, 1.807) is 0 Å². The molecule has 7 heteroatoms. The number of aromatic nitrogens is 2. The normalized spacial score (nSPS) is 10.4. The molecule has 0 fully saturated rings. The van der Waals surface area contributed by atoms with Gasteiger partial charge >= 0.3 is 0 Å². The van der Waals surface area contributed by atoms with Gasteiger partial charge in [0.2, 0.25) is 5.95 Å². The van der Waals surface area contributed by atoms with Gasteiger partial charge in [0.15, 0.2) is 11.6 Å². The maximum Gasteiger partial charge on any atom is 0.221 e. The van der Waals surface area contributed by atoms with Crippen LogP contribution in [0.25, 0.3) is 0 Å². The number of nitrogens with one attached hydrogen (secondary N) is 1. The van der Waals surface area contributed by atoms with Crippen LogP contribution in [-0.2, 0) is 6.54 Å². The van der Waals surface area contributed by atoms with E-state index in [1.165, 1.54) is 12.3 Å². The minimum absolute atomic E-state index is 0.0280. The zero-order chi connectivity index (χ0) is 13.1. The Morgan fingerprint density at radius 3 is 2.56 bits per heavy atom. The second-order valence-corrected chi connectivity index (χ2v) is 3.48. The summed E-state index contributed by atoms with van der Waals surface area (Å²) < 4.78 is 39.6. The molecule has 0 amide bonds. The Hall–Kier alpha value is -2.31. The number of hydrogen-bond acceptors (Lipinski definition) is 4. The summed E-state index contributed by atoms with van der Waals surface area (Å²) in [5.74, 6) is -2.82. The molecule has 2 rings (SSSR count). The standard InChI is InChI=1S/C11H9F3N4/c12-7-1-2-8(13)10(14)6(7)5-17-9-3-4-16-11(15)18-9/h1-4H,5H2,(H3,15,16,17,18). The second-order valence-electron chi connectivity index (χ2n) is 3.48. The van der Waals surface area contributed by atoms with Crippen LogP contribution in [0.4, 0.5) is 24.9 Å². The third kappa shape index (κ3) is 2.50. The maximum atomic E-state index is 13.3. The smallest absolute Gasteiger partial charge is 0.221 e. The molecule has 4 nitrogen and oxygen atoms in total. The molecule has 2 aromatic rings. The van der Waals surface area contributed by atoms with Crippen molar-refractivity contribution in [1.29, 1.82) is 0 Å². The van der Waals surface area contributed by atoms with Gasteiger partial charge < -0.3 is 11.1 Å². The first-order valence-corrected chi connectivity index (χ1v) is 5.02. The van der Waals surface area contributed by atoms with E-state index in [1.807, 2.05) is 0 Å². The van der Waals surface area contributed by atoms with Gasteiger partial charge in [-0.25, -0.2) is 18.2 Å². The number of benzene rings is 1. The predicted molar refractivity (Wildman–Crippen MR) is 60.1 cm³/mol. The molecule has 0 saturated carbocycles. The molecule has 0 saturated heterocycles. The number of nitrogens with two attached hydrogens (primary N) is 1. The van der Waals surface area contributed by atoms with E-state index in [0.717, 1.165) is 12.1 Å². The Morgan fingerprint density at radius 2 is 1.83 bits per heavy atom. The lowest BCUT2D eigenvalue weighted by molar-refractivity contribution is 0.481. The molecular formula is C11H9F3N4. The fourth-order valence-electron chi connectivity index (χ4n) is 1.38. The van der Waals surface area contributed by atoms with E-state index in [-0.39, 0.29) is 12.5 Å². The second kappa shape index (κ2) is 4.91. The molecule has 94 valence electrons. The summed E-state index contributed by atoms with van der Waals surface area (Å²) in [7, 11) is 0. The predicted octanol–water partition coefficient (Wildman–Crippen LogP) is 2.09. The molecule has 1 heterocycles. The van der Waals surface area contributed by atoms with Gasteiger partial charge in [0.25, 0.3) is 0 Å². The van der Waals surface area contributed by atoms with Crippen molar-refractivity contribution in [3.63, 3.8) is 0 Å². The molecule has 0 unspecified atom stereocenters. The summed E-state index contributed by atoms with van der Waals surface area (Å²) in [5, 5.41) is 2.63. The average molecular weight is 254 g/mol. The third-order valence-corrected chi connectivity index (χ3v) is 2.26. The molecule has 0 aliphatic rings. The lowest BCUT2D eigenvalue weighted by Gasteiger charge is -2.08. The van der Waals surface area contributed by atoms with Gasteiger partial charge in [0, 0.05) is 18.3 Å². The molecule has 0 aliphatic carbocycles. The summed E-state index contributed by atoms with van der Waals surface area (Å²) in [4.78, 5) is 7.45. The molecule has 0 bridgehead atoms. The molecule has 0 aliphatic heterocycles. The van der Waals surface area contributed by atoms with Gasteiger partial charge in [0.1, 0.15) is 11.6 Å². The summed E-state index contributed by atoms with van der Waals surface area (Å²) in [6.45, 7) is -0.244. The van der Waals surface area contributed by atoms with Crippen LogP contribution >= 0.6 is 0 Å². The number of halogens is 3. The number of anilines is 2. The Bertz CT molecular complexity index is 574. The lowest BCUT2D eigenvalue weighted by atomic mass is 10.2. The molecule has 3 N–H and O–H groups in total. The van der Waals surface area contributed by atoms with Crippen molar-refractivity contribution in [1.82, 2.24) is 9.97 Å². The van der Waals surface area contributed by atoms with Crippen LogP contribution in [0, 0.1) is 17.5 Å². The van der Waals surface area contributed by atoms with E-state index in [9.17, 15) is 13.2 Å². The summed E-state index contributed by atoms with van der Waals surface area (Å²) in [6, 6.07) is 3.08. The molecule has 1 aromatic carbocycles. The lowest BCUT2D eigenvalue weighted by Crippen LogP contribution is -2.08. The van der Waals surface area contributed by atoms with Gasteiger partial charge in [-0.3, -0.25) is 0 Å². The van der Waals surface area contributed by atoms with Gasteiger partial charge in [-0.05, 0) is 18.2 Å². The van der Waals surface area contributed by atoms with Crippen LogP contribution in [0.5, 0.6) is 0 Å². The zero-order valence-corrected chi connectivity index (χ0v) is 9.12. The van der Waals surface area contributed by atoms with E-state index in [0.29, 0.717) is 5.82 Å². The van der Waals surface area contributed by atoms with Crippen LogP contribution in [0.1, 0.15) is 5.56 Å². The third-order valence-electron chi connectivity index (χ3n) is 2.26. The van der Waals surface area contributed by atoms with Crippen molar-refractivity contribution in [2.24, 2.45) is 0 Å². The van der Waals surface area contributed by atoms with Gasteiger partial charge in [-0.2, -0.15) is 4.98 Å².